The summed E-state index contributed by atoms with van der Waals surface area (Å²) in [5, 5.41) is 6.27. The molecule has 0 radical (unpaired) electrons. The first-order valence-corrected chi connectivity index (χ1v) is 10.6. The van der Waals surface area contributed by atoms with E-state index in [0.29, 0.717) is 25.2 Å². The van der Waals surface area contributed by atoms with Crippen molar-refractivity contribution < 1.29 is 19.1 Å². The van der Waals surface area contributed by atoms with E-state index in [2.05, 4.69) is 10.6 Å². The zero-order chi connectivity index (χ0) is 23.2. The molecule has 6 heteroatoms. The molecule has 0 aromatic heterocycles. The fraction of sp³-hybridized carbons (Fsp3) is 0.667. The third kappa shape index (κ3) is 11.8. The van der Waals surface area contributed by atoms with Gasteiger partial charge in [-0.2, -0.15) is 0 Å². The Morgan fingerprint density at radius 3 is 1.93 bits per heavy atom. The minimum absolute atomic E-state index is 0.0347. The van der Waals surface area contributed by atoms with Crippen LogP contribution < -0.4 is 15.4 Å². The van der Waals surface area contributed by atoms with Crippen LogP contribution in [0.25, 0.3) is 0 Å². The van der Waals surface area contributed by atoms with Gasteiger partial charge in [0.25, 0.3) is 0 Å². The molecule has 0 spiro atoms. The Hall–Kier alpha value is -2.08. The molecule has 30 heavy (non-hydrogen) atoms. The second-order valence-electron chi connectivity index (χ2n) is 10.7. The number of rotatable bonds is 8. The van der Waals surface area contributed by atoms with Crippen molar-refractivity contribution in [2.45, 2.75) is 97.9 Å². The minimum atomic E-state index is -0.536. The van der Waals surface area contributed by atoms with E-state index in [1.165, 1.54) is 0 Å². The van der Waals surface area contributed by atoms with Crippen molar-refractivity contribution in [3.63, 3.8) is 0 Å². The van der Waals surface area contributed by atoms with Crippen LogP contribution in [0.1, 0.15) is 74.3 Å². The second kappa shape index (κ2) is 10.3. The first-order valence-electron chi connectivity index (χ1n) is 10.6. The summed E-state index contributed by atoms with van der Waals surface area (Å²) in [5.41, 5.74) is -0.00493. The first-order chi connectivity index (χ1) is 13.5. The SMILES string of the molecule is CC(C)(C)NC(=O)CCOc1ccc(CC(NC(C)(C)C)C(=O)OC(C)(C)C)cc1. The molecular weight excluding hydrogens is 380 g/mol. The zero-order valence-corrected chi connectivity index (χ0v) is 20.1. The quantitative estimate of drug-likeness (QED) is 0.622. The number of amides is 1. The fourth-order valence-electron chi connectivity index (χ4n) is 2.79. The van der Waals surface area contributed by atoms with Crippen LogP contribution in [0.3, 0.4) is 0 Å². The molecule has 0 saturated carbocycles. The lowest BCUT2D eigenvalue weighted by molar-refractivity contribution is -0.158. The topological polar surface area (TPSA) is 76.7 Å². The second-order valence-corrected chi connectivity index (χ2v) is 10.7. The predicted octanol–water partition coefficient (Wildman–Crippen LogP) is 4.01. The van der Waals surface area contributed by atoms with Crippen molar-refractivity contribution in [3.05, 3.63) is 29.8 Å². The van der Waals surface area contributed by atoms with Crippen molar-refractivity contribution >= 4 is 11.9 Å². The van der Waals surface area contributed by atoms with Crippen LogP contribution in [-0.4, -0.2) is 41.2 Å². The minimum Gasteiger partial charge on any atom is -0.493 e. The molecule has 0 heterocycles. The lowest BCUT2D eigenvalue weighted by Crippen LogP contribution is -2.50. The Bertz CT molecular complexity index is 692. The number of ether oxygens (including phenoxy) is 2. The maximum absolute atomic E-state index is 12.7. The lowest BCUT2D eigenvalue weighted by atomic mass is 10.0. The van der Waals surface area contributed by atoms with Gasteiger partial charge in [-0.05, 0) is 86.4 Å². The summed E-state index contributed by atoms with van der Waals surface area (Å²) in [4.78, 5) is 24.5. The molecule has 1 aromatic rings. The molecule has 0 saturated heterocycles. The summed E-state index contributed by atoms with van der Waals surface area (Å²) >= 11 is 0. The van der Waals surface area contributed by atoms with Gasteiger partial charge >= 0.3 is 5.97 Å². The summed E-state index contributed by atoms with van der Waals surface area (Å²) in [6.07, 6.45) is 0.815. The average Bonchev–Trinajstić information content (AvgIpc) is 2.51. The molecule has 1 amide bonds. The smallest absolute Gasteiger partial charge is 0.324 e. The van der Waals surface area contributed by atoms with Gasteiger partial charge in [0, 0.05) is 11.1 Å². The van der Waals surface area contributed by atoms with Crippen LogP contribution in [0, 0.1) is 0 Å². The van der Waals surface area contributed by atoms with Gasteiger partial charge < -0.3 is 14.8 Å². The van der Waals surface area contributed by atoms with Gasteiger partial charge in [0.1, 0.15) is 17.4 Å². The molecule has 1 rings (SSSR count). The summed E-state index contributed by atoms with van der Waals surface area (Å²) in [6.45, 7) is 17.8. The van der Waals surface area contributed by atoms with Gasteiger partial charge in [0.05, 0.1) is 13.0 Å². The highest BCUT2D eigenvalue weighted by molar-refractivity contribution is 5.77. The highest BCUT2D eigenvalue weighted by atomic mass is 16.6. The van der Waals surface area contributed by atoms with E-state index in [4.69, 9.17) is 9.47 Å². The normalized spacial score (nSPS) is 13.5. The van der Waals surface area contributed by atoms with Crippen LogP contribution in [0.2, 0.25) is 0 Å². The third-order valence-electron chi connectivity index (χ3n) is 3.77. The molecule has 0 bridgehead atoms. The summed E-state index contributed by atoms with van der Waals surface area (Å²) in [7, 11) is 0. The zero-order valence-electron chi connectivity index (χ0n) is 20.1. The van der Waals surface area contributed by atoms with E-state index in [0.717, 1.165) is 5.56 Å². The van der Waals surface area contributed by atoms with Crippen LogP contribution in [-0.2, 0) is 20.7 Å². The number of carbonyl (C=O) groups is 2. The number of hydrogen-bond acceptors (Lipinski definition) is 5. The molecule has 2 N–H and O–H groups in total. The van der Waals surface area contributed by atoms with E-state index in [1.54, 1.807) is 0 Å². The van der Waals surface area contributed by atoms with Gasteiger partial charge in [0.2, 0.25) is 5.91 Å². The Kier molecular flexibility index (Phi) is 8.90. The molecular formula is C24H40N2O4. The maximum atomic E-state index is 12.7. The lowest BCUT2D eigenvalue weighted by Gasteiger charge is -2.30. The van der Waals surface area contributed by atoms with Gasteiger partial charge in [-0.15, -0.1) is 0 Å². The van der Waals surface area contributed by atoms with Crippen molar-refractivity contribution in [3.8, 4) is 5.75 Å². The van der Waals surface area contributed by atoms with E-state index < -0.39 is 11.6 Å². The van der Waals surface area contributed by atoms with E-state index >= 15 is 0 Å². The predicted molar refractivity (Wildman–Crippen MR) is 121 cm³/mol. The van der Waals surface area contributed by atoms with Crippen molar-refractivity contribution in [2.75, 3.05) is 6.61 Å². The molecule has 0 fully saturated rings. The fourth-order valence-corrected chi connectivity index (χ4v) is 2.79. The van der Waals surface area contributed by atoms with Gasteiger partial charge in [-0.3, -0.25) is 14.9 Å². The summed E-state index contributed by atoms with van der Waals surface area (Å²) in [6, 6.07) is 7.15. The number of benzene rings is 1. The van der Waals surface area contributed by atoms with Crippen molar-refractivity contribution in [2.24, 2.45) is 0 Å². The van der Waals surface area contributed by atoms with E-state index in [-0.39, 0.29) is 23.0 Å². The van der Waals surface area contributed by atoms with Crippen LogP contribution >= 0.6 is 0 Å². The van der Waals surface area contributed by atoms with Gasteiger partial charge in [-0.25, -0.2) is 0 Å². The maximum Gasteiger partial charge on any atom is 0.324 e. The monoisotopic (exact) mass is 420 g/mol. The number of hydrogen-bond donors (Lipinski definition) is 2. The van der Waals surface area contributed by atoms with Crippen LogP contribution in [0.5, 0.6) is 5.75 Å². The first kappa shape index (κ1) is 26.0. The Labute approximate surface area is 182 Å². The Morgan fingerprint density at radius 1 is 0.900 bits per heavy atom. The molecule has 1 unspecified atom stereocenters. The largest absolute Gasteiger partial charge is 0.493 e. The van der Waals surface area contributed by atoms with Gasteiger partial charge in [-0.1, -0.05) is 12.1 Å². The average molecular weight is 421 g/mol. The number of esters is 1. The Morgan fingerprint density at radius 2 is 1.47 bits per heavy atom. The highest BCUT2D eigenvalue weighted by Gasteiger charge is 2.28. The molecule has 0 aliphatic heterocycles. The van der Waals surface area contributed by atoms with E-state index in [1.807, 2.05) is 86.6 Å². The molecule has 0 aliphatic rings. The molecule has 170 valence electrons. The van der Waals surface area contributed by atoms with E-state index in [9.17, 15) is 9.59 Å². The summed E-state index contributed by atoms with van der Waals surface area (Å²) < 4.78 is 11.3. The number of nitrogens with one attached hydrogen (secondary N) is 2. The van der Waals surface area contributed by atoms with Crippen molar-refractivity contribution in [1.29, 1.82) is 0 Å². The summed E-state index contributed by atoms with van der Waals surface area (Å²) in [5.74, 6) is 0.398. The van der Waals surface area contributed by atoms with Crippen LogP contribution in [0.15, 0.2) is 24.3 Å². The Balaban J connectivity index is 2.68. The molecule has 6 nitrogen and oxygen atoms in total. The standard InChI is InChI=1S/C24H40N2O4/c1-22(2,3)25-19(21(28)30-24(7,8)9)16-17-10-12-18(13-11-17)29-15-14-20(27)26-23(4,5)6/h10-13,19,25H,14-16H2,1-9H3,(H,26,27). The van der Waals surface area contributed by atoms with Crippen molar-refractivity contribution in [1.82, 2.24) is 10.6 Å². The molecule has 1 aromatic carbocycles. The number of carbonyl (C=O) groups excluding carboxylic acids is 2. The molecule has 0 aliphatic carbocycles. The molecule has 1 atom stereocenters. The van der Waals surface area contributed by atoms with Crippen LogP contribution in [0.4, 0.5) is 0 Å². The third-order valence-corrected chi connectivity index (χ3v) is 3.77. The van der Waals surface area contributed by atoms with Gasteiger partial charge in [0.15, 0.2) is 0 Å². The highest BCUT2D eigenvalue weighted by Crippen LogP contribution is 2.17.